The molecule has 0 aromatic carbocycles. The van der Waals surface area contributed by atoms with E-state index < -0.39 is 0 Å². The van der Waals surface area contributed by atoms with Gasteiger partial charge in [-0.1, -0.05) is 105 Å². The van der Waals surface area contributed by atoms with Gasteiger partial charge in [-0.25, -0.2) is 0 Å². The summed E-state index contributed by atoms with van der Waals surface area (Å²) in [5.74, 6) is 5.34. The smallest absolute Gasteiger partial charge is 0.306 e. The number of fused-ring (bicyclic) bond motifs is 5. The van der Waals surface area contributed by atoms with E-state index in [0.717, 1.165) is 54.8 Å². The predicted octanol–water partition coefficient (Wildman–Crippen LogP) is 10.7. The summed E-state index contributed by atoms with van der Waals surface area (Å²) in [6.45, 7) is 14.9. The van der Waals surface area contributed by atoms with E-state index >= 15 is 0 Å². The van der Waals surface area contributed by atoms with E-state index in [9.17, 15) is 4.79 Å². The summed E-state index contributed by atoms with van der Waals surface area (Å²) >= 11 is 0. The number of rotatable bonds is 13. The Morgan fingerprint density at radius 1 is 0.921 bits per heavy atom. The largest absolute Gasteiger partial charge is 0.462 e. The zero-order valence-electron chi connectivity index (χ0n) is 26.2. The van der Waals surface area contributed by atoms with Crippen LogP contribution in [0, 0.1) is 46.3 Å². The fourth-order valence-corrected chi connectivity index (χ4v) is 10.0. The highest BCUT2D eigenvalue weighted by atomic mass is 16.5. The van der Waals surface area contributed by atoms with Gasteiger partial charge in [0.1, 0.15) is 6.10 Å². The standard InChI is InChI=1S/C36H62O2/c1-7-8-9-10-11-12-16-34(37)38-29-21-23-35(5)28(25-29)17-18-30-32-20-19-31(27(4)15-13-14-26(2)3)36(32,6)24-22-33(30)35/h17,26-27,29-33H,7-16,18-25H2,1-6H3/t27-,29+,30+,31+,32+,33+,35+,36-/m1/s1. The number of ether oxygens (including phenoxy) is 1. The molecule has 0 N–H and O–H groups in total. The quantitative estimate of drug-likeness (QED) is 0.135. The Labute approximate surface area is 236 Å². The topological polar surface area (TPSA) is 26.3 Å². The molecule has 0 unspecified atom stereocenters. The summed E-state index contributed by atoms with van der Waals surface area (Å²) in [7, 11) is 0. The second kappa shape index (κ2) is 13.2. The molecule has 4 rings (SSSR count). The van der Waals surface area contributed by atoms with Gasteiger partial charge in [-0.2, -0.15) is 0 Å². The number of hydrogen-bond donors (Lipinski definition) is 0. The zero-order chi connectivity index (χ0) is 27.3. The van der Waals surface area contributed by atoms with E-state index in [1.54, 1.807) is 5.57 Å². The van der Waals surface area contributed by atoms with Gasteiger partial charge in [0, 0.05) is 12.8 Å². The van der Waals surface area contributed by atoms with E-state index in [2.05, 4.69) is 47.6 Å². The van der Waals surface area contributed by atoms with Crippen molar-refractivity contribution >= 4 is 5.97 Å². The minimum atomic E-state index is 0.0522. The first-order valence-electron chi connectivity index (χ1n) is 17.1. The summed E-state index contributed by atoms with van der Waals surface area (Å²) in [6, 6.07) is 0. The lowest BCUT2D eigenvalue weighted by Gasteiger charge is -2.58. The van der Waals surface area contributed by atoms with Crippen molar-refractivity contribution in [3.8, 4) is 0 Å². The van der Waals surface area contributed by atoms with Crippen LogP contribution in [-0.4, -0.2) is 12.1 Å². The van der Waals surface area contributed by atoms with Gasteiger partial charge in [0.05, 0.1) is 0 Å². The number of allylic oxidation sites excluding steroid dienone is 1. The lowest BCUT2D eigenvalue weighted by molar-refractivity contribution is -0.151. The molecule has 4 aliphatic carbocycles. The fraction of sp³-hybridized carbons (Fsp3) is 0.917. The molecule has 38 heavy (non-hydrogen) atoms. The molecule has 8 atom stereocenters. The Morgan fingerprint density at radius 3 is 2.45 bits per heavy atom. The number of unbranched alkanes of at least 4 members (excludes halogenated alkanes) is 5. The number of carbonyl (C=O) groups excluding carboxylic acids is 1. The van der Waals surface area contributed by atoms with Crippen molar-refractivity contribution in [2.24, 2.45) is 46.3 Å². The van der Waals surface area contributed by atoms with Crippen LogP contribution in [-0.2, 0) is 9.53 Å². The third kappa shape index (κ3) is 6.57. The van der Waals surface area contributed by atoms with Gasteiger partial charge in [0.15, 0.2) is 0 Å². The first-order valence-corrected chi connectivity index (χ1v) is 17.1. The van der Waals surface area contributed by atoms with Crippen molar-refractivity contribution in [2.45, 2.75) is 163 Å². The maximum atomic E-state index is 12.6. The summed E-state index contributed by atoms with van der Waals surface area (Å²) in [5.41, 5.74) is 2.54. The molecule has 0 spiro atoms. The third-order valence-corrected chi connectivity index (χ3v) is 12.3. The SMILES string of the molecule is CCCCCCCCC(=O)O[C@H]1CC[C@@]2(C)C(=CC[C@H]3[C@@H]4CC[C@@H]([C@H](C)CCCC(C)C)[C@@]4(C)CC[C@@H]32)C1. The Kier molecular flexibility index (Phi) is 10.5. The zero-order valence-corrected chi connectivity index (χ0v) is 26.2. The molecule has 0 aliphatic heterocycles. The highest BCUT2D eigenvalue weighted by Gasteiger charge is 2.59. The average molecular weight is 527 g/mol. The molecular formula is C36H62O2. The lowest BCUT2D eigenvalue weighted by Crippen LogP contribution is -2.51. The van der Waals surface area contributed by atoms with Crippen molar-refractivity contribution in [3.05, 3.63) is 11.6 Å². The molecule has 3 fully saturated rings. The lowest BCUT2D eigenvalue weighted by atomic mass is 9.47. The van der Waals surface area contributed by atoms with E-state index in [-0.39, 0.29) is 12.1 Å². The Balaban J connectivity index is 1.31. The number of esters is 1. The van der Waals surface area contributed by atoms with Crippen molar-refractivity contribution in [1.82, 2.24) is 0 Å². The van der Waals surface area contributed by atoms with E-state index in [0.29, 0.717) is 17.3 Å². The first kappa shape index (κ1) is 30.2. The van der Waals surface area contributed by atoms with Crippen molar-refractivity contribution < 1.29 is 9.53 Å². The maximum Gasteiger partial charge on any atom is 0.306 e. The maximum absolute atomic E-state index is 12.6. The van der Waals surface area contributed by atoms with Crippen LogP contribution in [0.15, 0.2) is 11.6 Å². The molecular weight excluding hydrogens is 464 g/mol. The van der Waals surface area contributed by atoms with Crippen LogP contribution < -0.4 is 0 Å². The van der Waals surface area contributed by atoms with Crippen molar-refractivity contribution in [1.29, 1.82) is 0 Å². The van der Waals surface area contributed by atoms with Crippen LogP contribution in [0.2, 0.25) is 0 Å². The summed E-state index contributed by atoms with van der Waals surface area (Å²) < 4.78 is 6.04. The molecule has 218 valence electrons. The Hall–Kier alpha value is -0.790. The van der Waals surface area contributed by atoms with Crippen LogP contribution >= 0.6 is 0 Å². The van der Waals surface area contributed by atoms with Gasteiger partial charge in [-0.15, -0.1) is 0 Å². The average Bonchev–Trinajstić information content (AvgIpc) is 3.23. The highest BCUT2D eigenvalue weighted by molar-refractivity contribution is 5.69. The van der Waals surface area contributed by atoms with Crippen LogP contribution in [0.3, 0.4) is 0 Å². The third-order valence-electron chi connectivity index (χ3n) is 12.3. The van der Waals surface area contributed by atoms with E-state index in [1.807, 2.05) is 0 Å². The summed E-state index contributed by atoms with van der Waals surface area (Å²) in [5, 5.41) is 0. The molecule has 4 aliphatic rings. The van der Waals surface area contributed by atoms with Crippen LogP contribution in [0.5, 0.6) is 0 Å². The van der Waals surface area contributed by atoms with Gasteiger partial charge in [0.2, 0.25) is 0 Å². The van der Waals surface area contributed by atoms with Gasteiger partial charge in [0.25, 0.3) is 0 Å². The second-order valence-electron chi connectivity index (χ2n) is 15.2. The van der Waals surface area contributed by atoms with Crippen LogP contribution in [0.4, 0.5) is 0 Å². The van der Waals surface area contributed by atoms with Crippen LogP contribution in [0.25, 0.3) is 0 Å². The molecule has 0 aromatic heterocycles. The monoisotopic (exact) mass is 526 g/mol. The normalized spacial score (nSPS) is 37.2. The fourth-order valence-electron chi connectivity index (χ4n) is 10.0. The molecule has 0 amide bonds. The van der Waals surface area contributed by atoms with Gasteiger partial charge < -0.3 is 4.74 Å². The summed E-state index contributed by atoms with van der Waals surface area (Å²) in [6.07, 6.45) is 25.3. The molecule has 2 heteroatoms. The molecule has 0 heterocycles. The minimum Gasteiger partial charge on any atom is -0.462 e. The molecule has 0 bridgehead atoms. The van der Waals surface area contributed by atoms with Gasteiger partial charge >= 0.3 is 5.97 Å². The minimum absolute atomic E-state index is 0.0522. The molecule has 2 nitrogen and oxygen atoms in total. The van der Waals surface area contributed by atoms with E-state index in [4.69, 9.17) is 4.74 Å². The number of hydrogen-bond acceptors (Lipinski definition) is 2. The summed E-state index contributed by atoms with van der Waals surface area (Å²) in [4.78, 5) is 12.6. The predicted molar refractivity (Wildman–Crippen MR) is 161 cm³/mol. The molecule has 0 radical (unpaired) electrons. The van der Waals surface area contributed by atoms with E-state index in [1.165, 1.54) is 89.9 Å². The molecule has 3 saturated carbocycles. The van der Waals surface area contributed by atoms with Crippen molar-refractivity contribution in [2.75, 3.05) is 0 Å². The van der Waals surface area contributed by atoms with Gasteiger partial charge in [-0.05, 0) is 97.7 Å². The highest BCUT2D eigenvalue weighted by Crippen LogP contribution is 2.67. The van der Waals surface area contributed by atoms with Crippen LogP contribution in [0.1, 0.15) is 157 Å². The second-order valence-corrected chi connectivity index (χ2v) is 15.2. The van der Waals surface area contributed by atoms with Crippen molar-refractivity contribution in [3.63, 3.8) is 0 Å². The first-order chi connectivity index (χ1) is 18.2. The van der Waals surface area contributed by atoms with Gasteiger partial charge in [-0.3, -0.25) is 4.79 Å². The molecule has 0 aromatic rings. The Morgan fingerprint density at radius 2 is 1.68 bits per heavy atom. The number of carbonyl (C=O) groups is 1. The molecule has 0 saturated heterocycles. The Bertz CT molecular complexity index is 797.